The Morgan fingerprint density at radius 2 is 1.88 bits per heavy atom. The van der Waals surface area contributed by atoms with Crippen molar-refractivity contribution in [2.24, 2.45) is 0 Å². The Labute approximate surface area is 189 Å². The van der Waals surface area contributed by atoms with E-state index >= 15 is 0 Å². The molecule has 0 aliphatic heterocycles. The number of pyridine rings is 1. The molecule has 4 heterocycles. The molecule has 1 N–H and O–H groups in total. The molecule has 160 valence electrons. The Kier molecular flexibility index (Phi) is 5.20. The summed E-state index contributed by atoms with van der Waals surface area (Å²) in [5, 5.41) is 11.9. The van der Waals surface area contributed by atoms with Crippen LogP contribution >= 0.6 is 11.6 Å². The Bertz CT molecular complexity index is 1370. The summed E-state index contributed by atoms with van der Waals surface area (Å²) in [5.41, 5.74) is 4.30. The number of halogens is 1. The number of imidazole rings is 1. The number of benzene rings is 1. The summed E-state index contributed by atoms with van der Waals surface area (Å²) in [6, 6.07) is 15.7. The Hall–Kier alpha value is -3.91. The molecule has 0 bridgehead atoms. The number of carbonyl (C=O) groups is 1. The van der Waals surface area contributed by atoms with Gasteiger partial charge in [-0.3, -0.25) is 9.48 Å². The highest BCUT2D eigenvalue weighted by Crippen LogP contribution is 2.22. The van der Waals surface area contributed by atoms with Gasteiger partial charge in [0.2, 0.25) is 0 Å². The van der Waals surface area contributed by atoms with Crippen molar-refractivity contribution in [2.75, 3.05) is 5.32 Å². The van der Waals surface area contributed by atoms with Crippen LogP contribution in [0.1, 0.15) is 27.3 Å². The third kappa shape index (κ3) is 4.00. The molecule has 4 aromatic heterocycles. The number of carbonyl (C=O) groups excluding carboxylic acids is 1. The molecular weight excluding hydrogens is 426 g/mol. The summed E-state index contributed by atoms with van der Waals surface area (Å²) >= 11 is 6.50. The molecule has 0 aliphatic rings. The van der Waals surface area contributed by atoms with Gasteiger partial charge >= 0.3 is 0 Å². The summed E-state index contributed by atoms with van der Waals surface area (Å²) in [7, 11) is 0. The fraction of sp³-hybridized carbons (Fsp3) is 0.130. The first-order valence-corrected chi connectivity index (χ1v) is 10.5. The van der Waals surface area contributed by atoms with Crippen LogP contribution < -0.4 is 5.32 Å². The van der Waals surface area contributed by atoms with Crippen LogP contribution in [0.3, 0.4) is 0 Å². The van der Waals surface area contributed by atoms with Gasteiger partial charge in [-0.1, -0.05) is 48.0 Å². The minimum Gasteiger partial charge on any atom is -0.319 e. The number of hydrogen-bond donors (Lipinski definition) is 1. The fourth-order valence-corrected chi connectivity index (χ4v) is 3.93. The predicted molar refractivity (Wildman–Crippen MR) is 122 cm³/mol. The molecule has 0 fully saturated rings. The highest BCUT2D eigenvalue weighted by atomic mass is 35.5. The van der Waals surface area contributed by atoms with E-state index in [9.17, 15) is 4.79 Å². The van der Waals surface area contributed by atoms with Gasteiger partial charge in [0, 0.05) is 18.6 Å². The number of fused-ring (bicyclic) bond motifs is 1. The molecule has 1 amide bonds. The zero-order valence-electron chi connectivity index (χ0n) is 17.3. The molecular formula is C23H20ClN7O. The quantitative estimate of drug-likeness (QED) is 0.427. The molecule has 9 heteroatoms. The maximum atomic E-state index is 12.9. The minimum atomic E-state index is -0.320. The lowest BCUT2D eigenvalue weighted by molar-refractivity contribution is 0.102. The van der Waals surface area contributed by atoms with Gasteiger partial charge in [0.05, 0.1) is 41.9 Å². The van der Waals surface area contributed by atoms with Crippen molar-refractivity contribution in [3.63, 3.8) is 0 Å². The minimum absolute atomic E-state index is 0.306. The highest BCUT2D eigenvalue weighted by Gasteiger charge is 2.21. The van der Waals surface area contributed by atoms with Crippen LogP contribution in [0.2, 0.25) is 5.15 Å². The van der Waals surface area contributed by atoms with Crippen LogP contribution in [-0.2, 0) is 13.1 Å². The number of anilines is 1. The van der Waals surface area contributed by atoms with Crippen LogP contribution in [0.5, 0.6) is 0 Å². The summed E-state index contributed by atoms with van der Waals surface area (Å²) in [6.07, 6.45) is 7.27. The van der Waals surface area contributed by atoms with Crippen molar-refractivity contribution in [1.29, 1.82) is 0 Å². The van der Waals surface area contributed by atoms with E-state index in [2.05, 4.69) is 20.5 Å². The van der Waals surface area contributed by atoms with E-state index in [0.717, 1.165) is 16.9 Å². The molecule has 5 aromatic rings. The maximum Gasteiger partial charge on any atom is 0.260 e. The maximum absolute atomic E-state index is 12.9. The first kappa shape index (κ1) is 20.0. The van der Waals surface area contributed by atoms with Gasteiger partial charge in [-0.2, -0.15) is 10.2 Å². The molecule has 0 saturated carbocycles. The average Bonchev–Trinajstić information content (AvgIpc) is 3.46. The van der Waals surface area contributed by atoms with Crippen molar-refractivity contribution in [1.82, 2.24) is 28.9 Å². The number of aryl methyl sites for hydroxylation is 1. The molecule has 0 aliphatic carbocycles. The highest BCUT2D eigenvalue weighted by molar-refractivity contribution is 6.33. The van der Waals surface area contributed by atoms with Crippen LogP contribution in [0, 0.1) is 6.92 Å². The third-order valence-corrected chi connectivity index (χ3v) is 5.48. The largest absolute Gasteiger partial charge is 0.319 e. The molecule has 32 heavy (non-hydrogen) atoms. The van der Waals surface area contributed by atoms with Gasteiger partial charge in [-0.15, -0.1) is 0 Å². The van der Waals surface area contributed by atoms with E-state index in [4.69, 9.17) is 11.6 Å². The molecule has 0 atom stereocenters. The monoisotopic (exact) mass is 445 g/mol. The van der Waals surface area contributed by atoms with Crippen LogP contribution in [0.4, 0.5) is 5.69 Å². The normalized spacial score (nSPS) is 11.2. The van der Waals surface area contributed by atoms with Crippen molar-refractivity contribution in [2.45, 2.75) is 20.0 Å². The number of hydrogen-bond acceptors (Lipinski definition) is 4. The lowest BCUT2D eigenvalue weighted by atomic mass is 10.2. The van der Waals surface area contributed by atoms with Gasteiger partial charge < -0.3 is 9.72 Å². The zero-order valence-corrected chi connectivity index (χ0v) is 18.1. The molecule has 8 nitrogen and oxygen atoms in total. The Balaban J connectivity index is 1.30. The standard InChI is InChI=1S/C23H20ClN7O/c1-16-21(22(24)31(28-16)12-17-7-3-2-4-8-17)23(32)27-18-11-25-30(14-18)15-19-13-29-10-6-5-9-20(29)26-19/h2-11,13-14H,12,15H2,1H3,(H,27,32). The van der Waals surface area contributed by atoms with Gasteiger partial charge in [-0.05, 0) is 24.6 Å². The van der Waals surface area contributed by atoms with Crippen molar-refractivity contribution in [3.05, 3.63) is 101 Å². The smallest absolute Gasteiger partial charge is 0.260 e. The van der Waals surface area contributed by atoms with Gasteiger partial charge in [0.15, 0.2) is 0 Å². The molecule has 5 rings (SSSR count). The number of nitrogens with zero attached hydrogens (tertiary/aromatic N) is 6. The summed E-state index contributed by atoms with van der Waals surface area (Å²) in [4.78, 5) is 17.5. The Morgan fingerprint density at radius 3 is 2.69 bits per heavy atom. The molecule has 0 unspecified atom stereocenters. The van der Waals surface area contributed by atoms with Crippen molar-refractivity contribution in [3.8, 4) is 0 Å². The zero-order chi connectivity index (χ0) is 22.1. The third-order valence-electron chi connectivity index (χ3n) is 5.10. The predicted octanol–water partition coefficient (Wildman–Crippen LogP) is 4.04. The van der Waals surface area contributed by atoms with Gasteiger partial charge in [-0.25, -0.2) is 9.67 Å². The number of aromatic nitrogens is 6. The topological polar surface area (TPSA) is 82.0 Å². The second-order valence-corrected chi connectivity index (χ2v) is 7.83. The van der Waals surface area contributed by atoms with E-state index in [1.807, 2.05) is 65.3 Å². The number of nitrogens with one attached hydrogen (secondary N) is 1. The summed E-state index contributed by atoms with van der Waals surface area (Å²) < 4.78 is 5.32. The first-order valence-electron chi connectivity index (χ1n) is 10.1. The summed E-state index contributed by atoms with van der Waals surface area (Å²) in [5.74, 6) is -0.320. The van der Waals surface area contributed by atoms with Gasteiger partial charge in [0.25, 0.3) is 5.91 Å². The second-order valence-electron chi connectivity index (χ2n) is 7.47. The molecule has 1 aromatic carbocycles. The lowest BCUT2D eigenvalue weighted by Crippen LogP contribution is -2.13. The fourth-order valence-electron chi connectivity index (χ4n) is 3.61. The van der Waals surface area contributed by atoms with Crippen molar-refractivity contribution >= 4 is 28.8 Å². The van der Waals surface area contributed by atoms with E-state index in [1.54, 1.807) is 28.7 Å². The van der Waals surface area contributed by atoms with E-state index in [-0.39, 0.29) is 5.91 Å². The van der Waals surface area contributed by atoms with E-state index in [1.165, 1.54) is 0 Å². The lowest BCUT2D eigenvalue weighted by Gasteiger charge is -2.04. The Morgan fingerprint density at radius 1 is 1.06 bits per heavy atom. The molecule has 0 saturated heterocycles. The molecule has 0 spiro atoms. The average molecular weight is 446 g/mol. The first-order chi connectivity index (χ1) is 15.6. The van der Waals surface area contributed by atoms with E-state index in [0.29, 0.717) is 35.2 Å². The summed E-state index contributed by atoms with van der Waals surface area (Å²) in [6.45, 7) is 2.76. The van der Waals surface area contributed by atoms with Crippen molar-refractivity contribution < 1.29 is 4.79 Å². The SMILES string of the molecule is Cc1nn(Cc2ccccc2)c(Cl)c1C(=O)Nc1cnn(Cc2cn3ccccc3n2)c1. The second kappa shape index (κ2) is 8.32. The number of rotatable bonds is 6. The van der Waals surface area contributed by atoms with E-state index < -0.39 is 0 Å². The van der Waals surface area contributed by atoms with Crippen LogP contribution in [0.15, 0.2) is 73.3 Å². The van der Waals surface area contributed by atoms with Crippen LogP contribution in [0.25, 0.3) is 5.65 Å². The van der Waals surface area contributed by atoms with Gasteiger partial charge in [0.1, 0.15) is 10.8 Å². The van der Waals surface area contributed by atoms with Crippen LogP contribution in [-0.4, -0.2) is 34.9 Å². The number of amides is 1. The molecule has 0 radical (unpaired) electrons.